The van der Waals surface area contributed by atoms with E-state index in [2.05, 4.69) is 37.9 Å². The fraction of sp³-hybridized carbons (Fsp3) is 0.529. The lowest BCUT2D eigenvalue weighted by molar-refractivity contribution is 0.300. The molecule has 21 heavy (non-hydrogen) atoms. The van der Waals surface area contributed by atoms with Crippen LogP contribution in [-0.4, -0.2) is 31.9 Å². The minimum absolute atomic E-state index is 0.193. The van der Waals surface area contributed by atoms with Gasteiger partial charge >= 0.3 is 0 Å². The number of benzene rings is 1. The Morgan fingerprint density at radius 3 is 2.33 bits per heavy atom. The second-order valence-electron chi connectivity index (χ2n) is 5.70. The predicted molar refractivity (Wildman–Crippen MR) is 92.5 cm³/mol. The molecule has 0 aliphatic rings. The quantitative estimate of drug-likeness (QED) is 0.770. The topological polar surface area (TPSA) is 45.2 Å². The summed E-state index contributed by atoms with van der Waals surface area (Å²) in [4.78, 5) is 3.69. The van der Waals surface area contributed by atoms with Gasteiger partial charge in [0.2, 0.25) is 0 Å². The number of methoxy groups -OCH3 is 1. The molecule has 1 heterocycles. The lowest BCUT2D eigenvalue weighted by Crippen LogP contribution is -2.48. The molecule has 0 saturated heterocycles. The zero-order chi connectivity index (χ0) is 15.5. The van der Waals surface area contributed by atoms with Crippen LogP contribution in [0.3, 0.4) is 0 Å². The van der Waals surface area contributed by atoms with Crippen LogP contribution < -0.4 is 10.1 Å². The van der Waals surface area contributed by atoms with Crippen LogP contribution >= 0.6 is 0 Å². The standard InChI is InChI=1S/C17H27NO2Si/c1-5-21(6-2,7-3)17-14(10-11-19)15-12-13(20-4)8-9-16(15)18-17/h8-9,12,18-19H,5-7,10-11H2,1-4H3. The zero-order valence-electron chi connectivity index (χ0n) is 13.6. The van der Waals surface area contributed by atoms with Crippen molar-refractivity contribution in [2.45, 2.75) is 45.3 Å². The summed E-state index contributed by atoms with van der Waals surface area (Å²) < 4.78 is 5.36. The van der Waals surface area contributed by atoms with Crippen LogP contribution in [0.5, 0.6) is 5.75 Å². The number of rotatable bonds is 7. The molecule has 116 valence electrons. The van der Waals surface area contributed by atoms with Crippen molar-refractivity contribution in [3.63, 3.8) is 0 Å². The van der Waals surface area contributed by atoms with Crippen molar-refractivity contribution in [1.82, 2.24) is 4.98 Å². The first-order valence-corrected chi connectivity index (χ1v) is 10.6. The van der Waals surface area contributed by atoms with Crippen molar-refractivity contribution >= 4 is 24.3 Å². The molecular formula is C17H27NO2Si. The minimum Gasteiger partial charge on any atom is -0.497 e. The third-order valence-corrected chi connectivity index (χ3v) is 10.6. The first-order chi connectivity index (χ1) is 10.2. The van der Waals surface area contributed by atoms with Gasteiger partial charge in [-0.3, -0.25) is 0 Å². The number of aliphatic hydroxyl groups is 1. The maximum Gasteiger partial charge on any atom is 0.119 e. The molecule has 0 amide bonds. The van der Waals surface area contributed by atoms with Gasteiger partial charge in [0.15, 0.2) is 0 Å². The van der Waals surface area contributed by atoms with E-state index in [1.165, 1.54) is 39.9 Å². The van der Waals surface area contributed by atoms with Crippen LogP contribution in [0, 0.1) is 0 Å². The van der Waals surface area contributed by atoms with E-state index in [1.54, 1.807) is 7.11 Å². The SMILES string of the molecule is CC[Si](CC)(CC)c1[nH]c2ccc(OC)cc2c1CCO. The number of fused-ring (bicyclic) bond motifs is 1. The van der Waals surface area contributed by atoms with Crippen LogP contribution in [0.25, 0.3) is 10.9 Å². The molecule has 0 atom stereocenters. The highest BCUT2D eigenvalue weighted by molar-refractivity contribution is 6.91. The summed E-state index contributed by atoms with van der Waals surface area (Å²) in [6.45, 7) is 7.13. The van der Waals surface area contributed by atoms with Gasteiger partial charge in [0, 0.05) is 22.8 Å². The molecule has 0 spiro atoms. The zero-order valence-corrected chi connectivity index (χ0v) is 14.6. The average molecular weight is 305 g/mol. The van der Waals surface area contributed by atoms with Gasteiger partial charge in [-0.05, 0) is 30.2 Å². The van der Waals surface area contributed by atoms with Gasteiger partial charge in [0.05, 0.1) is 7.11 Å². The maximum atomic E-state index is 9.50. The summed E-state index contributed by atoms with van der Waals surface area (Å²) in [5.74, 6) is 0.879. The van der Waals surface area contributed by atoms with E-state index < -0.39 is 8.07 Å². The number of H-pyrrole nitrogens is 1. The van der Waals surface area contributed by atoms with E-state index in [1.807, 2.05) is 6.07 Å². The van der Waals surface area contributed by atoms with Crippen molar-refractivity contribution < 1.29 is 9.84 Å². The molecule has 0 bridgehead atoms. The second kappa shape index (κ2) is 6.67. The molecule has 2 aromatic rings. The molecule has 3 nitrogen and oxygen atoms in total. The third-order valence-electron chi connectivity index (χ3n) is 5.04. The Hall–Kier alpha value is -1.26. The van der Waals surface area contributed by atoms with Gasteiger partial charge < -0.3 is 14.8 Å². The monoisotopic (exact) mass is 305 g/mol. The van der Waals surface area contributed by atoms with Gasteiger partial charge in [-0.2, -0.15) is 0 Å². The highest BCUT2D eigenvalue weighted by atomic mass is 28.3. The summed E-state index contributed by atoms with van der Waals surface area (Å²) in [6.07, 6.45) is 0.719. The smallest absolute Gasteiger partial charge is 0.119 e. The van der Waals surface area contributed by atoms with Crippen molar-refractivity contribution in [3.05, 3.63) is 23.8 Å². The summed E-state index contributed by atoms with van der Waals surface area (Å²) in [6, 6.07) is 9.91. The molecule has 1 aromatic carbocycles. The van der Waals surface area contributed by atoms with Crippen LogP contribution in [0.1, 0.15) is 26.3 Å². The Morgan fingerprint density at radius 1 is 1.14 bits per heavy atom. The van der Waals surface area contributed by atoms with Crippen molar-refractivity contribution in [3.8, 4) is 5.75 Å². The van der Waals surface area contributed by atoms with Crippen molar-refractivity contribution in [2.24, 2.45) is 0 Å². The number of hydrogen-bond acceptors (Lipinski definition) is 2. The van der Waals surface area contributed by atoms with Crippen LogP contribution in [-0.2, 0) is 6.42 Å². The molecule has 0 radical (unpaired) electrons. The number of hydrogen-bond donors (Lipinski definition) is 2. The number of aromatic amines is 1. The van der Waals surface area contributed by atoms with Crippen molar-refractivity contribution in [2.75, 3.05) is 13.7 Å². The van der Waals surface area contributed by atoms with Gasteiger partial charge in [-0.15, -0.1) is 0 Å². The van der Waals surface area contributed by atoms with E-state index in [4.69, 9.17) is 4.74 Å². The Labute approximate surface area is 128 Å². The Balaban J connectivity index is 2.70. The molecule has 0 unspecified atom stereocenters. The van der Waals surface area contributed by atoms with Crippen molar-refractivity contribution in [1.29, 1.82) is 0 Å². The highest BCUT2D eigenvalue weighted by Crippen LogP contribution is 2.28. The Morgan fingerprint density at radius 2 is 1.81 bits per heavy atom. The minimum atomic E-state index is -1.49. The summed E-state index contributed by atoms with van der Waals surface area (Å²) >= 11 is 0. The molecule has 4 heteroatoms. The average Bonchev–Trinajstić information content (AvgIpc) is 2.89. The molecule has 0 aliphatic heterocycles. The van der Waals surface area contributed by atoms with E-state index in [9.17, 15) is 5.11 Å². The van der Waals surface area contributed by atoms with Crippen LogP contribution in [0.2, 0.25) is 18.1 Å². The Kier molecular flexibility index (Phi) is 5.11. The number of aliphatic hydroxyl groups excluding tert-OH is 1. The fourth-order valence-corrected chi connectivity index (χ4v) is 7.32. The molecule has 0 saturated carbocycles. The van der Waals surface area contributed by atoms with Crippen LogP contribution in [0.15, 0.2) is 18.2 Å². The fourth-order valence-electron chi connectivity index (χ4n) is 3.46. The lowest BCUT2D eigenvalue weighted by atomic mass is 10.1. The highest BCUT2D eigenvalue weighted by Gasteiger charge is 2.33. The summed E-state index contributed by atoms with van der Waals surface area (Å²) in [5, 5.41) is 12.2. The van der Waals surface area contributed by atoms with E-state index >= 15 is 0 Å². The second-order valence-corrected chi connectivity index (χ2v) is 10.9. The molecule has 1 aromatic heterocycles. The third kappa shape index (κ3) is 2.74. The first kappa shape index (κ1) is 16.1. The Bertz CT molecular complexity index is 594. The lowest BCUT2D eigenvalue weighted by Gasteiger charge is -2.28. The van der Waals surface area contributed by atoms with Gasteiger partial charge in [0.25, 0.3) is 0 Å². The number of nitrogens with one attached hydrogen (secondary N) is 1. The van der Waals surface area contributed by atoms with Crippen LogP contribution in [0.4, 0.5) is 0 Å². The van der Waals surface area contributed by atoms with Gasteiger partial charge in [0.1, 0.15) is 13.8 Å². The molecule has 0 aliphatic carbocycles. The van der Waals surface area contributed by atoms with E-state index in [0.29, 0.717) is 0 Å². The van der Waals surface area contributed by atoms with Gasteiger partial charge in [-0.1, -0.05) is 38.9 Å². The van der Waals surface area contributed by atoms with Gasteiger partial charge in [-0.25, -0.2) is 0 Å². The molecular weight excluding hydrogens is 278 g/mol. The number of ether oxygens (including phenoxy) is 1. The largest absolute Gasteiger partial charge is 0.497 e. The van der Waals surface area contributed by atoms with E-state index in [-0.39, 0.29) is 6.61 Å². The summed E-state index contributed by atoms with van der Waals surface area (Å²) in [7, 11) is 0.205. The summed E-state index contributed by atoms with van der Waals surface area (Å²) in [5.41, 5.74) is 2.48. The molecule has 0 fully saturated rings. The maximum absolute atomic E-state index is 9.50. The molecule has 2 N–H and O–H groups in total. The normalized spacial score (nSPS) is 12.0. The predicted octanol–water partition coefficient (Wildman–Crippen LogP) is 3.43. The molecule has 2 rings (SSSR count). The number of aromatic nitrogens is 1. The van der Waals surface area contributed by atoms with E-state index in [0.717, 1.165) is 12.2 Å². The first-order valence-electron chi connectivity index (χ1n) is 7.95.